The fourth-order valence-electron chi connectivity index (χ4n) is 2.24. The van der Waals surface area contributed by atoms with Crippen molar-refractivity contribution in [2.45, 2.75) is 40.2 Å². The van der Waals surface area contributed by atoms with Crippen LogP contribution < -0.4 is 10.1 Å². The topological polar surface area (TPSA) is 21.3 Å². The zero-order valence-corrected chi connectivity index (χ0v) is 13.8. The van der Waals surface area contributed by atoms with Crippen LogP contribution in [-0.4, -0.2) is 14.2 Å². The first kappa shape index (κ1) is 15.5. The summed E-state index contributed by atoms with van der Waals surface area (Å²) in [5.74, 6) is 0.955. The zero-order valence-electron chi connectivity index (χ0n) is 12.2. The van der Waals surface area contributed by atoms with Crippen molar-refractivity contribution in [1.82, 2.24) is 5.32 Å². The molecular weight excluding hydrogens is 290 g/mol. The van der Waals surface area contributed by atoms with Crippen LogP contribution in [0.25, 0.3) is 0 Å². The predicted molar refractivity (Wildman–Crippen MR) is 81.3 cm³/mol. The van der Waals surface area contributed by atoms with Gasteiger partial charge in [-0.25, -0.2) is 0 Å². The monoisotopic (exact) mass is 313 g/mol. The lowest BCUT2D eigenvalue weighted by Crippen LogP contribution is -2.32. The number of benzene rings is 1. The summed E-state index contributed by atoms with van der Waals surface area (Å²) >= 11 is 3.61. The number of halogens is 1. The molecule has 102 valence electrons. The van der Waals surface area contributed by atoms with Gasteiger partial charge < -0.3 is 10.1 Å². The summed E-state index contributed by atoms with van der Waals surface area (Å²) in [5, 5.41) is 3.43. The van der Waals surface area contributed by atoms with Gasteiger partial charge in [0.1, 0.15) is 5.75 Å². The van der Waals surface area contributed by atoms with Crippen molar-refractivity contribution in [3.63, 3.8) is 0 Å². The molecule has 2 nitrogen and oxygen atoms in total. The quantitative estimate of drug-likeness (QED) is 0.866. The van der Waals surface area contributed by atoms with Crippen molar-refractivity contribution in [2.75, 3.05) is 14.2 Å². The Labute approximate surface area is 119 Å². The molecule has 0 bridgehead atoms. The largest absolute Gasteiger partial charge is 0.496 e. The second-order valence-electron chi connectivity index (χ2n) is 5.41. The van der Waals surface area contributed by atoms with E-state index in [2.05, 4.69) is 61.1 Å². The third-order valence-electron chi connectivity index (χ3n) is 3.80. The van der Waals surface area contributed by atoms with E-state index in [0.717, 1.165) is 16.6 Å². The van der Waals surface area contributed by atoms with Crippen LogP contribution in [0.15, 0.2) is 16.6 Å². The van der Waals surface area contributed by atoms with E-state index < -0.39 is 0 Å². The molecule has 0 aliphatic rings. The standard InChI is InChI=1S/C15H24BrNO/c1-7-15(3,4)14(17-5)11-9-12(16)10(2)8-13(11)18-6/h8-9,14,17H,7H2,1-6H3. The Bertz CT molecular complexity index is 415. The fraction of sp³-hybridized carbons (Fsp3) is 0.600. The summed E-state index contributed by atoms with van der Waals surface area (Å²) in [6.45, 7) is 8.86. The van der Waals surface area contributed by atoms with Crippen molar-refractivity contribution in [3.05, 3.63) is 27.7 Å². The third-order valence-corrected chi connectivity index (χ3v) is 4.66. The number of hydrogen-bond donors (Lipinski definition) is 1. The van der Waals surface area contributed by atoms with Crippen LogP contribution in [0, 0.1) is 12.3 Å². The molecule has 0 radical (unpaired) electrons. The van der Waals surface area contributed by atoms with Crippen LogP contribution in [0.1, 0.15) is 44.4 Å². The molecule has 0 aliphatic carbocycles. The highest BCUT2D eigenvalue weighted by atomic mass is 79.9. The maximum absolute atomic E-state index is 5.54. The van der Waals surface area contributed by atoms with Crippen molar-refractivity contribution in [3.8, 4) is 5.75 Å². The van der Waals surface area contributed by atoms with Gasteiger partial charge in [-0.3, -0.25) is 0 Å². The normalized spacial score (nSPS) is 13.5. The average molecular weight is 314 g/mol. The fourth-order valence-corrected chi connectivity index (χ4v) is 2.61. The highest BCUT2D eigenvalue weighted by Gasteiger charge is 2.30. The molecule has 1 atom stereocenters. The minimum atomic E-state index is 0.177. The van der Waals surface area contributed by atoms with Gasteiger partial charge in [0.25, 0.3) is 0 Å². The number of nitrogens with one attached hydrogen (secondary N) is 1. The van der Waals surface area contributed by atoms with E-state index in [4.69, 9.17) is 4.74 Å². The second-order valence-corrected chi connectivity index (χ2v) is 6.26. The highest BCUT2D eigenvalue weighted by molar-refractivity contribution is 9.10. The molecule has 18 heavy (non-hydrogen) atoms. The van der Waals surface area contributed by atoms with E-state index in [-0.39, 0.29) is 11.5 Å². The molecule has 3 heteroatoms. The zero-order chi connectivity index (χ0) is 13.9. The Kier molecular flexibility index (Phi) is 5.23. The molecule has 0 saturated heterocycles. The maximum Gasteiger partial charge on any atom is 0.123 e. The lowest BCUT2D eigenvalue weighted by atomic mass is 9.78. The molecule has 0 spiro atoms. The van der Waals surface area contributed by atoms with E-state index in [1.165, 1.54) is 11.1 Å². The minimum absolute atomic E-state index is 0.177. The Hall–Kier alpha value is -0.540. The van der Waals surface area contributed by atoms with Crippen LogP contribution in [0.4, 0.5) is 0 Å². The first-order chi connectivity index (χ1) is 8.37. The van der Waals surface area contributed by atoms with Gasteiger partial charge in [-0.2, -0.15) is 0 Å². The van der Waals surface area contributed by atoms with Crippen molar-refractivity contribution < 1.29 is 4.74 Å². The van der Waals surface area contributed by atoms with Crippen LogP contribution in [-0.2, 0) is 0 Å². The second kappa shape index (κ2) is 6.07. The smallest absolute Gasteiger partial charge is 0.123 e. The predicted octanol–water partition coefficient (Wildman–Crippen LogP) is 4.46. The third kappa shape index (κ3) is 3.07. The first-order valence-corrected chi connectivity index (χ1v) is 7.18. The molecule has 0 heterocycles. The van der Waals surface area contributed by atoms with Crippen molar-refractivity contribution >= 4 is 15.9 Å². The molecule has 0 aromatic heterocycles. The van der Waals surface area contributed by atoms with Crippen LogP contribution in [0.5, 0.6) is 5.75 Å². The Morgan fingerprint density at radius 1 is 1.39 bits per heavy atom. The van der Waals surface area contributed by atoms with Gasteiger partial charge in [0.15, 0.2) is 0 Å². The van der Waals surface area contributed by atoms with Gasteiger partial charge in [-0.1, -0.05) is 36.7 Å². The van der Waals surface area contributed by atoms with Gasteiger partial charge in [0.05, 0.1) is 7.11 Å². The molecule has 1 unspecified atom stereocenters. The number of rotatable bonds is 5. The Morgan fingerprint density at radius 3 is 2.44 bits per heavy atom. The number of ether oxygens (including phenoxy) is 1. The summed E-state index contributed by atoms with van der Waals surface area (Å²) < 4.78 is 6.67. The first-order valence-electron chi connectivity index (χ1n) is 6.38. The van der Waals surface area contributed by atoms with E-state index in [1.54, 1.807) is 7.11 Å². The van der Waals surface area contributed by atoms with Gasteiger partial charge >= 0.3 is 0 Å². The maximum atomic E-state index is 5.54. The molecule has 0 aliphatic heterocycles. The van der Waals surface area contributed by atoms with Crippen molar-refractivity contribution in [2.24, 2.45) is 5.41 Å². The molecule has 1 rings (SSSR count). The molecule has 1 aromatic rings. The Balaban J connectivity index is 3.33. The molecule has 0 saturated carbocycles. The molecule has 1 N–H and O–H groups in total. The number of hydrogen-bond acceptors (Lipinski definition) is 2. The van der Waals surface area contributed by atoms with E-state index in [0.29, 0.717) is 0 Å². The van der Waals surface area contributed by atoms with E-state index in [9.17, 15) is 0 Å². The molecule has 1 aromatic carbocycles. The van der Waals surface area contributed by atoms with Gasteiger partial charge in [-0.15, -0.1) is 0 Å². The van der Waals surface area contributed by atoms with Gasteiger partial charge in [-0.05, 0) is 43.5 Å². The number of aryl methyl sites for hydroxylation is 1. The summed E-state index contributed by atoms with van der Waals surface area (Å²) in [6.07, 6.45) is 1.10. The molecular formula is C15H24BrNO. The average Bonchev–Trinajstić information content (AvgIpc) is 2.33. The van der Waals surface area contributed by atoms with Crippen LogP contribution >= 0.6 is 15.9 Å². The summed E-state index contributed by atoms with van der Waals surface area (Å²) in [5.41, 5.74) is 2.58. The lowest BCUT2D eigenvalue weighted by Gasteiger charge is -2.34. The Morgan fingerprint density at radius 2 is 2.00 bits per heavy atom. The van der Waals surface area contributed by atoms with Gasteiger partial charge in [0.2, 0.25) is 0 Å². The van der Waals surface area contributed by atoms with Crippen LogP contribution in [0.3, 0.4) is 0 Å². The minimum Gasteiger partial charge on any atom is -0.496 e. The SMILES string of the molecule is CCC(C)(C)C(NC)c1cc(Br)c(C)cc1OC. The highest BCUT2D eigenvalue weighted by Crippen LogP contribution is 2.41. The van der Waals surface area contributed by atoms with Crippen LogP contribution in [0.2, 0.25) is 0 Å². The van der Waals surface area contributed by atoms with Gasteiger partial charge in [0, 0.05) is 16.1 Å². The molecule has 0 fully saturated rings. The van der Waals surface area contributed by atoms with E-state index >= 15 is 0 Å². The summed E-state index contributed by atoms with van der Waals surface area (Å²) in [7, 11) is 3.74. The summed E-state index contributed by atoms with van der Waals surface area (Å²) in [6, 6.07) is 4.54. The van der Waals surface area contributed by atoms with Crippen molar-refractivity contribution in [1.29, 1.82) is 0 Å². The number of methoxy groups -OCH3 is 1. The lowest BCUT2D eigenvalue weighted by molar-refractivity contribution is 0.239. The molecule has 0 amide bonds. The van der Waals surface area contributed by atoms with E-state index in [1.807, 2.05) is 7.05 Å². The summed E-state index contributed by atoms with van der Waals surface area (Å²) in [4.78, 5) is 0.